The maximum atomic E-state index is 6.00. The molecule has 0 amide bonds. The molecule has 3 nitrogen and oxygen atoms in total. The van der Waals surface area contributed by atoms with Gasteiger partial charge in [0.2, 0.25) is 5.89 Å². The molecule has 1 aliphatic heterocycles. The van der Waals surface area contributed by atoms with E-state index in [1.54, 1.807) is 0 Å². The second-order valence-corrected chi connectivity index (χ2v) is 5.86. The van der Waals surface area contributed by atoms with Crippen molar-refractivity contribution in [3.05, 3.63) is 27.1 Å². The minimum absolute atomic E-state index is 0.287. The Kier molecular flexibility index (Phi) is 2.94. The van der Waals surface area contributed by atoms with E-state index in [1.807, 2.05) is 0 Å². The van der Waals surface area contributed by atoms with Gasteiger partial charge in [-0.05, 0) is 51.3 Å². The Morgan fingerprint density at radius 1 is 1.22 bits per heavy atom. The minimum Gasteiger partial charge on any atom is -0.439 e. The van der Waals surface area contributed by atoms with Gasteiger partial charge in [0, 0.05) is 10.0 Å². The van der Waals surface area contributed by atoms with Crippen LogP contribution >= 0.6 is 15.9 Å². The van der Waals surface area contributed by atoms with Gasteiger partial charge in [-0.2, -0.15) is 0 Å². The van der Waals surface area contributed by atoms with Crippen LogP contribution in [-0.2, 0) is 0 Å². The Labute approximate surface area is 115 Å². The Hall–Kier alpha value is -0.870. The number of hydrogen-bond donors (Lipinski definition) is 1. The Morgan fingerprint density at radius 3 is 2.67 bits per heavy atom. The van der Waals surface area contributed by atoms with Crippen LogP contribution in [0, 0.1) is 20.8 Å². The molecular formula is C14H17BrN2O. The maximum absolute atomic E-state index is 6.00. The number of aromatic nitrogens is 1. The molecule has 1 unspecified atom stereocenters. The van der Waals surface area contributed by atoms with Crippen LogP contribution in [-0.4, -0.2) is 11.5 Å². The van der Waals surface area contributed by atoms with Gasteiger partial charge in [0.05, 0.1) is 6.04 Å². The van der Waals surface area contributed by atoms with Crippen LogP contribution in [0.2, 0.25) is 0 Å². The maximum Gasteiger partial charge on any atom is 0.212 e. The molecule has 1 aliphatic rings. The molecule has 2 aromatic rings. The van der Waals surface area contributed by atoms with Crippen molar-refractivity contribution in [3.8, 4) is 0 Å². The van der Waals surface area contributed by atoms with Gasteiger partial charge >= 0.3 is 0 Å². The highest BCUT2D eigenvalue weighted by molar-refractivity contribution is 9.10. The Balaban J connectivity index is 2.22. The molecular weight excluding hydrogens is 292 g/mol. The second-order valence-electron chi connectivity index (χ2n) is 5.07. The summed E-state index contributed by atoms with van der Waals surface area (Å²) in [4.78, 5) is 4.71. The van der Waals surface area contributed by atoms with Crippen molar-refractivity contribution >= 4 is 27.0 Å². The van der Waals surface area contributed by atoms with Gasteiger partial charge in [-0.25, -0.2) is 4.98 Å². The average Bonchev–Trinajstić information content (AvgIpc) is 3.01. The van der Waals surface area contributed by atoms with Gasteiger partial charge in [-0.3, -0.25) is 0 Å². The standard InChI is InChI=1S/C14H17BrN2O/c1-7-8(2)12-13(9(3)11(7)15)18-14(17-12)10-5-4-6-16-10/h10,16H,4-6H2,1-3H3. The van der Waals surface area contributed by atoms with Crippen molar-refractivity contribution < 1.29 is 4.42 Å². The summed E-state index contributed by atoms with van der Waals surface area (Å²) in [6, 6.07) is 0.287. The first-order valence-electron chi connectivity index (χ1n) is 6.38. The van der Waals surface area contributed by atoms with E-state index in [1.165, 1.54) is 17.5 Å². The first-order valence-corrected chi connectivity index (χ1v) is 7.18. The molecule has 0 bridgehead atoms. The van der Waals surface area contributed by atoms with E-state index < -0.39 is 0 Å². The number of aryl methyl sites for hydroxylation is 2. The smallest absolute Gasteiger partial charge is 0.212 e. The molecule has 1 aromatic heterocycles. The molecule has 4 heteroatoms. The quantitative estimate of drug-likeness (QED) is 0.867. The summed E-state index contributed by atoms with van der Waals surface area (Å²) in [6.07, 6.45) is 2.31. The van der Waals surface area contributed by atoms with E-state index in [0.29, 0.717) is 0 Å². The molecule has 96 valence electrons. The van der Waals surface area contributed by atoms with E-state index in [2.05, 4.69) is 42.0 Å². The fraction of sp³-hybridized carbons (Fsp3) is 0.500. The normalized spacial score (nSPS) is 19.9. The topological polar surface area (TPSA) is 38.1 Å². The lowest BCUT2D eigenvalue weighted by Gasteiger charge is -2.06. The molecule has 0 saturated carbocycles. The summed E-state index contributed by atoms with van der Waals surface area (Å²) in [5.74, 6) is 0.839. The number of rotatable bonds is 1. The van der Waals surface area contributed by atoms with Crippen molar-refractivity contribution in [2.75, 3.05) is 6.54 Å². The third kappa shape index (κ3) is 1.70. The van der Waals surface area contributed by atoms with Gasteiger partial charge < -0.3 is 9.73 Å². The monoisotopic (exact) mass is 308 g/mol. The van der Waals surface area contributed by atoms with Crippen molar-refractivity contribution in [2.24, 2.45) is 0 Å². The molecule has 1 saturated heterocycles. The third-order valence-corrected chi connectivity index (χ3v) is 5.11. The average molecular weight is 309 g/mol. The van der Waals surface area contributed by atoms with E-state index >= 15 is 0 Å². The van der Waals surface area contributed by atoms with Crippen LogP contribution in [0.15, 0.2) is 8.89 Å². The van der Waals surface area contributed by atoms with E-state index in [-0.39, 0.29) is 6.04 Å². The number of benzene rings is 1. The van der Waals surface area contributed by atoms with Gasteiger partial charge in [0.15, 0.2) is 5.58 Å². The van der Waals surface area contributed by atoms with Crippen LogP contribution in [0.4, 0.5) is 0 Å². The number of fused-ring (bicyclic) bond motifs is 1. The molecule has 0 aliphatic carbocycles. The van der Waals surface area contributed by atoms with E-state index in [4.69, 9.17) is 9.40 Å². The van der Waals surface area contributed by atoms with Crippen LogP contribution in [0.25, 0.3) is 11.1 Å². The summed E-state index contributed by atoms with van der Waals surface area (Å²) in [7, 11) is 0. The van der Waals surface area contributed by atoms with Crippen molar-refractivity contribution in [1.82, 2.24) is 10.3 Å². The molecule has 1 aromatic carbocycles. The largest absolute Gasteiger partial charge is 0.439 e. The highest BCUT2D eigenvalue weighted by Crippen LogP contribution is 2.35. The van der Waals surface area contributed by atoms with Crippen molar-refractivity contribution in [1.29, 1.82) is 0 Å². The fourth-order valence-electron chi connectivity index (χ4n) is 2.61. The SMILES string of the molecule is Cc1c(Br)c(C)c2oc(C3CCCN3)nc2c1C. The first kappa shape index (κ1) is 12.2. The van der Waals surface area contributed by atoms with Gasteiger partial charge in [-0.1, -0.05) is 15.9 Å². The molecule has 0 radical (unpaired) electrons. The van der Waals surface area contributed by atoms with E-state index in [0.717, 1.165) is 40.0 Å². The van der Waals surface area contributed by atoms with Crippen LogP contribution in [0.5, 0.6) is 0 Å². The molecule has 0 spiro atoms. The predicted octanol–water partition coefficient (Wildman–Crippen LogP) is 3.94. The Bertz CT molecular complexity index is 567. The van der Waals surface area contributed by atoms with Crippen LogP contribution < -0.4 is 5.32 Å². The molecule has 3 rings (SSSR count). The summed E-state index contributed by atoms with van der Waals surface area (Å²) in [5.41, 5.74) is 5.53. The lowest BCUT2D eigenvalue weighted by atomic mass is 10.1. The number of halogens is 1. The number of hydrogen-bond acceptors (Lipinski definition) is 3. The van der Waals surface area contributed by atoms with Gasteiger partial charge in [0.1, 0.15) is 5.52 Å². The lowest BCUT2D eigenvalue weighted by Crippen LogP contribution is -2.12. The van der Waals surface area contributed by atoms with Crippen molar-refractivity contribution in [2.45, 2.75) is 39.7 Å². The minimum atomic E-state index is 0.287. The van der Waals surface area contributed by atoms with Crippen molar-refractivity contribution in [3.63, 3.8) is 0 Å². The predicted molar refractivity (Wildman–Crippen MR) is 75.9 cm³/mol. The second kappa shape index (κ2) is 4.35. The highest BCUT2D eigenvalue weighted by atomic mass is 79.9. The zero-order chi connectivity index (χ0) is 12.9. The van der Waals surface area contributed by atoms with Crippen LogP contribution in [0.1, 0.15) is 41.5 Å². The summed E-state index contributed by atoms with van der Waals surface area (Å²) in [6.45, 7) is 7.37. The zero-order valence-corrected chi connectivity index (χ0v) is 12.5. The molecule has 2 heterocycles. The highest BCUT2D eigenvalue weighted by Gasteiger charge is 2.24. The molecule has 18 heavy (non-hydrogen) atoms. The number of nitrogens with zero attached hydrogens (tertiary/aromatic N) is 1. The summed E-state index contributed by atoms with van der Waals surface area (Å²) >= 11 is 3.64. The number of oxazole rings is 1. The third-order valence-electron chi connectivity index (χ3n) is 3.92. The number of nitrogens with one attached hydrogen (secondary N) is 1. The zero-order valence-electron chi connectivity index (χ0n) is 10.9. The lowest BCUT2D eigenvalue weighted by molar-refractivity contribution is 0.451. The first-order chi connectivity index (χ1) is 8.59. The summed E-state index contributed by atoms with van der Waals surface area (Å²) < 4.78 is 7.13. The fourth-order valence-corrected chi connectivity index (χ4v) is 3.09. The van der Waals surface area contributed by atoms with Gasteiger partial charge in [-0.15, -0.1) is 0 Å². The molecule has 1 atom stereocenters. The van der Waals surface area contributed by atoms with Gasteiger partial charge in [0.25, 0.3) is 0 Å². The Morgan fingerprint density at radius 2 is 2.00 bits per heavy atom. The van der Waals surface area contributed by atoms with Crippen LogP contribution in [0.3, 0.4) is 0 Å². The molecule has 1 fully saturated rings. The molecule has 1 N–H and O–H groups in total. The summed E-state index contributed by atoms with van der Waals surface area (Å²) in [5, 5.41) is 3.43. The van der Waals surface area contributed by atoms with E-state index in [9.17, 15) is 0 Å².